The van der Waals surface area contributed by atoms with Crippen LogP contribution in [0.4, 0.5) is 37.1 Å². The number of ether oxygens (including phenoxy) is 3. The summed E-state index contributed by atoms with van der Waals surface area (Å²) in [6, 6.07) is 34.7. The zero-order valence-electron chi connectivity index (χ0n) is 81.0. The van der Waals surface area contributed by atoms with E-state index in [0.717, 1.165) is 128 Å². The van der Waals surface area contributed by atoms with Crippen molar-refractivity contribution in [1.82, 2.24) is 58.8 Å². The molecule has 754 valence electrons. The lowest BCUT2D eigenvalue weighted by Gasteiger charge is -2.47. The Hall–Kier alpha value is -11.7. The standard InChI is InChI=1S/C40H54N4O7.C33H48N4O7.C30H39F3N4O6/c1-40(2,3)51-39(49)43-23-13-19-31(28-43)21-22-33-35(37(47)50-29-32-17-10-5-11-18-32)44(36(33)46)38(48)42-26-24-41(25-27-42)34(45)20-12-6-9-16-30-14-7-4-8-15-30;1-33(2,3)44-32(43)36-18-10-14-25(23-36)16-17-26-28(30(40)41)37(29(26)39)31(42)35-21-19-34(20-22-35)27(38)15-9-5-8-13-24-11-6-4-7-12-24;31-30(32,33)28(42)36-15-7-11-22(20-36)13-14-23-25(27(40)41)37(26(23)39)29(43)35-18-16-34(17-19-35)24(38)12-6-2-5-10-21-8-3-1-4-9-21/h4-5,7-8,10-11,14-15,17-18,31,33,35H,6,9,12-13,16,19-29H2,1-3H3;4,6-7,11-12,25-26,28H,5,8-10,13-23H2,1-3H3,(H,40,41);1,3-4,8-9,22-23,25H,2,5-7,10-20H2,(H,40,41)/t31?,33-,35+;25?,26-,28+;22?,23-,25+/m111/s1. The van der Waals surface area contributed by atoms with Crippen LogP contribution in [0.15, 0.2) is 121 Å². The van der Waals surface area contributed by atoms with Gasteiger partial charge in [0, 0.05) is 137 Å². The summed E-state index contributed by atoms with van der Waals surface area (Å²) in [6.07, 6.45) is 13.7. The summed E-state index contributed by atoms with van der Waals surface area (Å²) in [6.45, 7) is 16.8. The minimum absolute atomic E-state index is 0.00481. The maximum atomic E-state index is 13.8. The summed E-state index contributed by atoms with van der Waals surface area (Å²) < 4.78 is 55.2. The van der Waals surface area contributed by atoms with Gasteiger partial charge >= 0.3 is 60.3 Å². The highest BCUT2D eigenvalue weighted by atomic mass is 19.4. The second kappa shape index (κ2) is 50.8. The fourth-order valence-corrected chi connectivity index (χ4v) is 19.9. The van der Waals surface area contributed by atoms with E-state index in [-0.39, 0.29) is 112 Å². The predicted octanol–water partition coefficient (Wildman–Crippen LogP) is 14.0. The molecule has 4 aromatic rings. The quantitative estimate of drug-likeness (QED) is 0.0198. The highest BCUT2D eigenvalue weighted by Crippen LogP contribution is 2.40. The molecular weight excluding hydrogens is 1780 g/mol. The molecule has 9 saturated heterocycles. The SMILES string of the molecule is CC(C)(C)OC(=O)N1CCCC(CC[C@H]2C(=O)N(C(=O)N3CCN(C(=O)CCCCCc4ccccc4)CC3)[C@@H]2C(=O)O)C1.CC(C)(C)OC(=O)N1CCCC(CC[C@H]2C(=O)N(C(=O)N3CCN(C(=O)CCCCCc4ccccc4)CC3)[C@@H]2C(=O)OCc2ccccc2)C1.O=C(O)[C@@H]1[C@@H](CCC2CCCN(C(=O)C(F)(F)F)C2)C(=O)N1C(=O)N1CCN(C(=O)CCCCCc2ccccc2)CC1. The number of β-lactam (4-membered cyclic amide) rings is 3. The molecule has 9 aliphatic rings. The summed E-state index contributed by atoms with van der Waals surface area (Å²) in [5.41, 5.74) is 3.51. The monoisotopic (exact) mass is 1920 g/mol. The second-order valence-electron chi connectivity index (χ2n) is 40.0. The number of aryl methyl sites for hydroxylation is 3. The highest BCUT2D eigenvalue weighted by Gasteiger charge is 2.59. The van der Waals surface area contributed by atoms with Crippen LogP contribution in [0.3, 0.4) is 0 Å². The molecule has 9 atom stereocenters. The Bertz CT molecular complexity index is 4770. The van der Waals surface area contributed by atoms with Crippen molar-refractivity contribution >= 4 is 89.5 Å². The average molecular weight is 1920 g/mol. The van der Waals surface area contributed by atoms with Gasteiger partial charge in [-0.15, -0.1) is 0 Å². The van der Waals surface area contributed by atoms with Crippen LogP contribution in [0.2, 0.25) is 0 Å². The summed E-state index contributed by atoms with van der Waals surface area (Å²) in [5.74, 6) is -8.72. The number of likely N-dealkylation sites (tertiary alicyclic amines) is 6. The van der Waals surface area contributed by atoms with Gasteiger partial charge in [0.25, 0.3) is 0 Å². The van der Waals surface area contributed by atoms with E-state index in [9.17, 15) is 95.3 Å². The van der Waals surface area contributed by atoms with E-state index in [1.807, 2.05) is 126 Å². The second-order valence-corrected chi connectivity index (χ2v) is 40.0. The smallest absolute Gasteiger partial charge is 0.471 e. The highest BCUT2D eigenvalue weighted by molar-refractivity contribution is 6.09. The van der Waals surface area contributed by atoms with Crippen molar-refractivity contribution in [2.45, 2.75) is 257 Å². The van der Waals surface area contributed by atoms with Crippen LogP contribution >= 0.6 is 0 Å². The number of carboxylic acids is 2. The van der Waals surface area contributed by atoms with E-state index in [2.05, 4.69) is 36.4 Å². The molecule has 13 rings (SSSR count). The van der Waals surface area contributed by atoms with Crippen LogP contribution < -0.4 is 0 Å². The Morgan fingerprint density at radius 1 is 0.333 bits per heavy atom. The normalized spacial score (nSPS) is 21.9. The van der Waals surface area contributed by atoms with Crippen LogP contribution in [0.5, 0.6) is 0 Å². The third kappa shape index (κ3) is 30.7. The maximum absolute atomic E-state index is 13.8. The molecule has 0 radical (unpaired) electrons. The van der Waals surface area contributed by atoms with Gasteiger partial charge in [0.15, 0.2) is 18.1 Å². The number of hydrogen-bond acceptors (Lipinski definition) is 18. The molecule has 32 nitrogen and oxygen atoms in total. The number of rotatable bonds is 32. The average Bonchev–Trinajstić information content (AvgIpc) is 0.753. The Balaban J connectivity index is 0.000000199. The van der Waals surface area contributed by atoms with Crippen LogP contribution in [0.1, 0.15) is 218 Å². The number of halogens is 3. The first-order valence-corrected chi connectivity index (χ1v) is 49.7. The lowest BCUT2D eigenvalue weighted by molar-refractivity contribution is -0.187. The Morgan fingerprint density at radius 2 is 0.609 bits per heavy atom. The van der Waals surface area contributed by atoms with Crippen molar-refractivity contribution in [3.63, 3.8) is 0 Å². The molecule has 0 spiro atoms. The number of carbonyl (C=O) groups excluding carboxylic acids is 13. The van der Waals surface area contributed by atoms with E-state index in [0.29, 0.717) is 136 Å². The first-order valence-electron chi connectivity index (χ1n) is 49.7. The molecule has 0 aromatic heterocycles. The molecule has 138 heavy (non-hydrogen) atoms. The number of carboxylic acid groups (broad SMARTS) is 2. The molecule has 9 fully saturated rings. The summed E-state index contributed by atoms with van der Waals surface area (Å²) in [5, 5.41) is 19.7. The van der Waals surface area contributed by atoms with Gasteiger partial charge in [-0.05, 0) is 216 Å². The molecule has 9 heterocycles. The minimum atomic E-state index is -4.96. The van der Waals surface area contributed by atoms with Crippen LogP contribution in [0.25, 0.3) is 0 Å². The van der Waals surface area contributed by atoms with Gasteiger partial charge in [0.1, 0.15) is 17.8 Å². The minimum Gasteiger partial charge on any atom is -0.480 e. The number of alkyl halides is 3. The van der Waals surface area contributed by atoms with E-state index >= 15 is 0 Å². The maximum Gasteiger partial charge on any atom is 0.471 e. The molecule has 0 aliphatic carbocycles. The molecule has 15 amide bonds. The van der Waals surface area contributed by atoms with Crippen molar-refractivity contribution in [1.29, 1.82) is 0 Å². The lowest BCUT2D eigenvalue weighted by atomic mass is 9.80. The lowest BCUT2D eigenvalue weighted by Crippen LogP contribution is -2.69. The number of aliphatic carboxylic acids is 2. The van der Waals surface area contributed by atoms with Gasteiger partial charge in [0.2, 0.25) is 35.4 Å². The largest absolute Gasteiger partial charge is 0.480 e. The number of nitrogens with zero attached hydrogens (tertiary/aromatic N) is 12. The third-order valence-electron chi connectivity index (χ3n) is 27.6. The summed E-state index contributed by atoms with van der Waals surface area (Å²) >= 11 is 0. The molecule has 0 bridgehead atoms. The Kier molecular flexibility index (Phi) is 39.3. The van der Waals surface area contributed by atoms with Crippen LogP contribution in [-0.4, -0.2) is 312 Å². The van der Waals surface area contributed by atoms with E-state index in [4.69, 9.17) is 14.2 Å². The number of amides is 15. The third-order valence-corrected chi connectivity index (χ3v) is 27.6. The van der Waals surface area contributed by atoms with Gasteiger partial charge in [-0.2, -0.15) is 13.2 Å². The molecule has 0 saturated carbocycles. The first kappa shape index (κ1) is 107. The number of hydrogen-bond donors (Lipinski definition) is 2. The topological polar surface area (TPSA) is 363 Å². The molecule has 9 aliphatic heterocycles. The van der Waals surface area contributed by atoms with Gasteiger partial charge in [0.05, 0.1) is 17.8 Å². The van der Waals surface area contributed by atoms with Crippen molar-refractivity contribution in [3.05, 3.63) is 144 Å². The molecular formula is C103H141F3N12O20. The number of carbonyl (C=O) groups is 15. The molecule has 35 heteroatoms. The van der Waals surface area contributed by atoms with E-state index < -0.39 is 107 Å². The van der Waals surface area contributed by atoms with Crippen LogP contribution in [-0.2, 0) is 88.0 Å². The van der Waals surface area contributed by atoms with Gasteiger partial charge in [-0.3, -0.25) is 33.6 Å². The number of benzene rings is 4. The zero-order valence-corrected chi connectivity index (χ0v) is 81.0. The van der Waals surface area contributed by atoms with Gasteiger partial charge < -0.3 is 68.5 Å². The number of unbranched alkanes of at least 4 members (excludes halogenated alkanes) is 6. The van der Waals surface area contributed by atoms with Crippen molar-refractivity contribution < 1.29 is 110 Å². The number of urea groups is 3. The van der Waals surface area contributed by atoms with E-state index in [1.165, 1.54) is 26.5 Å². The molecule has 3 unspecified atom stereocenters. The van der Waals surface area contributed by atoms with E-state index in [1.54, 1.807) is 29.4 Å². The van der Waals surface area contributed by atoms with Crippen molar-refractivity contribution in [2.24, 2.45) is 35.5 Å². The Labute approximate surface area is 807 Å². The fourth-order valence-electron chi connectivity index (χ4n) is 19.9. The molecule has 2 N–H and O–H groups in total. The molecule has 4 aromatic carbocycles. The number of imide groups is 3. The number of piperazine rings is 3. The number of piperidine rings is 3. The van der Waals surface area contributed by atoms with Gasteiger partial charge in [-0.1, -0.05) is 141 Å². The Morgan fingerprint density at radius 3 is 0.906 bits per heavy atom. The summed E-state index contributed by atoms with van der Waals surface area (Å²) in [4.78, 5) is 209. The predicted molar refractivity (Wildman–Crippen MR) is 504 cm³/mol. The van der Waals surface area contributed by atoms with Crippen molar-refractivity contribution in [3.8, 4) is 0 Å². The van der Waals surface area contributed by atoms with Gasteiger partial charge in [-0.25, -0.2) is 53.1 Å². The number of esters is 1. The first-order chi connectivity index (χ1) is 65.9. The van der Waals surface area contributed by atoms with Crippen LogP contribution in [0, 0.1) is 35.5 Å². The zero-order chi connectivity index (χ0) is 99.4. The van der Waals surface area contributed by atoms with Crippen molar-refractivity contribution in [2.75, 3.05) is 118 Å². The summed E-state index contributed by atoms with van der Waals surface area (Å²) in [7, 11) is 0. The fraction of sp³-hybridized carbons (Fsp3) is 0.621.